The van der Waals surface area contributed by atoms with Crippen molar-refractivity contribution in [1.29, 1.82) is 0 Å². The Morgan fingerprint density at radius 2 is 2.14 bits per heavy atom. The van der Waals surface area contributed by atoms with Crippen LogP contribution in [0.1, 0.15) is 24.3 Å². The number of ether oxygens (including phenoxy) is 1. The summed E-state index contributed by atoms with van der Waals surface area (Å²) in [6, 6.07) is 4.92. The molecule has 0 fully saturated rings. The number of Topliss-reactive ketones (excluding diaryl/α,β-unsaturated/α-hetero) is 1. The van der Waals surface area contributed by atoms with E-state index >= 15 is 0 Å². The maximum absolute atomic E-state index is 11.3. The normalized spacial score (nSPS) is 11.9. The third kappa shape index (κ3) is 2.65. The largest absolute Gasteiger partial charge is 0.450 e. The Balaban J connectivity index is 2.64. The molecule has 0 spiro atoms. The van der Waals surface area contributed by atoms with E-state index in [0.29, 0.717) is 0 Å². The van der Waals surface area contributed by atoms with Gasteiger partial charge in [-0.05, 0) is 26.0 Å². The SMILES string of the molecule is CC(=O)C(C)OC(=O)c1ccccn1. The van der Waals surface area contributed by atoms with Crippen LogP contribution in [0.4, 0.5) is 0 Å². The molecule has 4 nitrogen and oxygen atoms in total. The summed E-state index contributed by atoms with van der Waals surface area (Å²) < 4.78 is 4.85. The molecule has 0 bridgehead atoms. The fraction of sp³-hybridized carbons (Fsp3) is 0.300. The number of pyridine rings is 1. The van der Waals surface area contributed by atoms with E-state index in [1.807, 2.05) is 0 Å². The van der Waals surface area contributed by atoms with Crippen molar-refractivity contribution in [3.05, 3.63) is 30.1 Å². The van der Waals surface area contributed by atoms with Crippen molar-refractivity contribution in [1.82, 2.24) is 4.98 Å². The highest BCUT2D eigenvalue weighted by Gasteiger charge is 2.15. The Morgan fingerprint density at radius 1 is 1.43 bits per heavy atom. The van der Waals surface area contributed by atoms with E-state index in [4.69, 9.17) is 4.74 Å². The average molecular weight is 193 g/mol. The first-order valence-electron chi connectivity index (χ1n) is 4.23. The topological polar surface area (TPSA) is 56.3 Å². The molecule has 1 rings (SSSR count). The van der Waals surface area contributed by atoms with E-state index in [2.05, 4.69) is 4.98 Å². The van der Waals surface area contributed by atoms with Gasteiger partial charge in [-0.3, -0.25) is 4.79 Å². The van der Waals surface area contributed by atoms with E-state index in [0.717, 1.165) is 0 Å². The summed E-state index contributed by atoms with van der Waals surface area (Å²) in [5.41, 5.74) is 0.209. The summed E-state index contributed by atoms with van der Waals surface area (Å²) in [5.74, 6) is -0.761. The fourth-order valence-electron chi connectivity index (χ4n) is 0.787. The maximum atomic E-state index is 11.3. The van der Waals surface area contributed by atoms with Crippen LogP contribution in [0, 0.1) is 0 Å². The van der Waals surface area contributed by atoms with E-state index < -0.39 is 12.1 Å². The lowest BCUT2D eigenvalue weighted by molar-refractivity contribution is -0.124. The van der Waals surface area contributed by atoms with Gasteiger partial charge in [0.05, 0.1) is 0 Å². The second-order valence-electron chi connectivity index (χ2n) is 2.87. The van der Waals surface area contributed by atoms with Gasteiger partial charge in [-0.25, -0.2) is 9.78 Å². The zero-order chi connectivity index (χ0) is 10.6. The standard InChI is InChI=1S/C10H11NO3/c1-7(12)8(2)14-10(13)9-5-3-4-6-11-9/h3-6,8H,1-2H3. The van der Waals surface area contributed by atoms with E-state index in [9.17, 15) is 9.59 Å². The number of ketones is 1. The summed E-state index contributed by atoms with van der Waals surface area (Å²) in [6.07, 6.45) is 0.777. The molecule has 1 atom stereocenters. The molecule has 0 aliphatic carbocycles. The Hall–Kier alpha value is -1.71. The number of hydrogen-bond donors (Lipinski definition) is 0. The van der Waals surface area contributed by atoms with Crippen molar-refractivity contribution >= 4 is 11.8 Å². The molecule has 0 aliphatic heterocycles. The molecule has 1 unspecified atom stereocenters. The first kappa shape index (κ1) is 10.4. The molecule has 14 heavy (non-hydrogen) atoms. The Morgan fingerprint density at radius 3 is 2.64 bits per heavy atom. The van der Waals surface area contributed by atoms with Crippen LogP contribution >= 0.6 is 0 Å². The second-order valence-corrected chi connectivity index (χ2v) is 2.87. The van der Waals surface area contributed by atoms with Crippen molar-refractivity contribution in [3.63, 3.8) is 0 Å². The van der Waals surface area contributed by atoms with Gasteiger partial charge in [0.2, 0.25) is 0 Å². The molecule has 0 saturated carbocycles. The van der Waals surface area contributed by atoms with Crippen molar-refractivity contribution in [2.75, 3.05) is 0 Å². The average Bonchev–Trinajstić information content (AvgIpc) is 2.19. The molecule has 0 radical (unpaired) electrons. The number of hydrogen-bond acceptors (Lipinski definition) is 4. The summed E-state index contributed by atoms with van der Waals surface area (Å²) in [6.45, 7) is 2.90. The molecule has 0 saturated heterocycles. The van der Waals surface area contributed by atoms with E-state index in [1.54, 1.807) is 12.1 Å². The van der Waals surface area contributed by atoms with Gasteiger partial charge in [-0.2, -0.15) is 0 Å². The van der Waals surface area contributed by atoms with Gasteiger partial charge in [0.25, 0.3) is 0 Å². The lowest BCUT2D eigenvalue weighted by Gasteiger charge is -2.08. The van der Waals surface area contributed by atoms with Gasteiger partial charge in [-0.15, -0.1) is 0 Å². The molecule has 1 aromatic heterocycles. The molecule has 0 N–H and O–H groups in total. The Bertz CT molecular complexity index is 334. The van der Waals surface area contributed by atoms with Gasteiger partial charge in [0.15, 0.2) is 11.9 Å². The quantitative estimate of drug-likeness (QED) is 0.677. The fourth-order valence-corrected chi connectivity index (χ4v) is 0.787. The van der Waals surface area contributed by atoms with Crippen molar-refractivity contribution in [2.24, 2.45) is 0 Å². The van der Waals surface area contributed by atoms with E-state index in [-0.39, 0.29) is 11.5 Å². The monoisotopic (exact) mass is 193 g/mol. The van der Waals surface area contributed by atoms with Crippen molar-refractivity contribution in [2.45, 2.75) is 20.0 Å². The highest BCUT2D eigenvalue weighted by atomic mass is 16.5. The number of nitrogens with zero attached hydrogens (tertiary/aromatic N) is 1. The molecule has 1 aromatic rings. The van der Waals surface area contributed by atoms with Crippen LogP contribution in [-0.2, 0) is 9.53 Å². The van der Waals surface area contributed by atoms with Crippen LogP contribution in [0.5, 0.6) is 0 Å². The highest BCUT2D eigenvalue weighted by Crippen LogP contribution is 2.00. The minimum atomic E-state index is -0.718. The van der Waals surface area contributed by atoms with Gasteiger partial charge in [0, 0.05) is 6.20 Å². The third-order valence-corrected chi connectivity index (χ3v) is 1.73. The highest BCUT2D eigenvalue weighted by molar-refractivity contribution is 5.90. The summed E-state index contributed by atoms with van der Waals surface area (Å²) >= 11 is 0. The Kier molecular flexibility index (Phi) is 3.34. The predicted molar refractivity (Wildman–Crippen MR) is 49.8 cm³/mol. The molecular weight excluding hydrogens is 182 g/mol. The zero-order valence-electron chi connectivity index (χ0n) is 8.06. The van der Waals surface area contributed by atoms with Crippen LogP contribution < -0.4 is 0 Å². The van der Waals surface area contributed by atoms with Crippen LogP contribution in [0.25, 0.3) is 0 Å². The van der Waals surface area contributed by atoms with Gasteiger partial charge < -0.3 is 4.74 Å². The van der Waals surface area contributed by atoms with Crippen LogP contribution in [0.15, 0.2) is 24.4 Å². The van der Waals surface area contributed by atoms with Crippen LogP contribution in [0.2, 0.25) is 0 Å². The number of aromatic nitrogens is 1. The number of esters is 1. The van der Waals surface area contributed by atoms with E-state index in [1.165, 1.54) is 26.1 Å². The second kappa shape index (κ2) is 4.50. The third-order valence-electron chi connectivity index (χ3n) is 1.73. The van der Waals surface area contributed by atoms with Gasteiger partial charge >= 0.3 is 5.97 Å². The number of carbonyl (C=O) groups excluding carboxylic acids is 2. The minimum Gasteiger partial charge on any atom is -0.450 e. The lowest BCUT2D eigenvalue weighted by atomic mass is 10.3. The molecular formula is C10H11NO3. The van der Waals surface area contributed by atoms with Crippen LogP contribution in [-0.4, -0.2) is 22.8 Å². The molecule has 0 aliphatic rings. The zero-order valence-corrected chi connectivity index (χ0v) is 8.06. The van der Waals surface area contributed by atoms with Gasteiger partial charge in [-0.1, -0.05) is 6.07 Å². The Labute approximate surface area is 81.9 Å². The molecule has 74 valence electrons. The molecule has 4 heteroatoms. The smallest absolute Gasteiger partial charge is 0.357 e. The first-order chi connectivity index (χ1) is 6.61. The predicted octanol–water partition coefficient (Wildman–Crippen LogP) is 1.22. The lowest BCUT2D eigenvalue weighted by Crippen LogP contribution is -2.22. The molecule has 0 amide bonds. The molecule has 0 aromatic carbocycles. The van der Waals surface area contributed by atoms with Crippen molar-refractivity contribution < 1.29 is 14.3 Å². The first-order valence-corrected chi connectivity index (χ1v) is 4.23. The van der Waals surface area contributed by atoms with Crippen molar-refractivity contribution in [3.8, 4) is 0 Å². The maximum Gasteiger partial charge on any atom is 0.357 e. The molecule has 1 heterocycles. The number of rotatable bonds is 3. The summed E-state index contributed by atoms with van der Waals surface area (Å²) in [5, 5.41) is 0. The number of carbonyl (C=O) groups is 2. The van der Waals surface area contributed by atoms with Gasteiger partial charge in [0.1, 0.15) is 5.69 Å². The summed E-state index contributed by atoms with van der Waals surface area (Å²) in [4.78, 5) is 25.9. The summed E-state index contributed by atoms with van der Waals surface area (Å²) in [7, 11) is 0. The van der Waals surface area contributed by atoms with Crippen LogP contribution in [0.3, 0.4) is 0 Å². The minimum absolute atomic E-state index is 0.186.